The van der Waals surface area contributed by atoms with Crippen LogP contribution in [0.2, 0.25) is 0 Å². The normalized spacial score (nSPS) is 14.1. The molecule has 0 fully saturated rings. The van der Waals surface area contributed by atoms with Gasteiger partial charge in [0.25, 0.3) is 0 Å². The second-order valence-electron chi connectivity index (χ2n) is 4.55. The highest BCUT2D eigenvalue weighted by Crippen LogP contribution is 2.20. The third kappa shape index (κ3) is 3.19. The molecule has 18 heavy (non-hydrogen) atoms. The van der Waals surface area contributed by atoms with E-state index in [1.807, 2.05) is 48.5 Å². The molecule has 2 unspecified atom stereocenters. The minimum absolute atomic E-state index is 0.00796. The highest BCUT2D eigenvalue weighted by Gasteiger charge is 2.18. The van der Waals surface area contributed by atoms with Crippen LogP contribution in [-0.4, -0.2) is 17.8 Å². The molecule has 0 aliphatic carbocycles. The Kier molecular flexibility index (Phi) is 4.51. The van der Waals surface area contributed by atoms with Gasteiger partial charge < -0.3 is 10.8 Å². The number of hydrogen-bond donors (Lipinski definition) is 2. The van der Waals surface area contributed by atoms with Crippen molar-refractivity contribution in [1.29, 1.82) is 0 Å². The summed E-state index contributed by atoms with van der Waals surface area (Å²) >= 11 is 0. The SMILES string of the molecule is NC(Cc1ccccc1)C(CO)c1ccccc1. The van der Waals surface area contributed by atoms with E-state index < -0.39 is 0 Å². The molecular weight excluding hydrogens is 222 g/mol. The summed E-state index contributed by atoms with van der Waals surface area (Å²) in [6.45, 7) is 0.0814. The van der Waals surface area contributed by atoms with Gasteiger partial charge in [0, 0.05) is 12.0 Å². The Hall–Kier alpha value is -1.64. The number of rotatable bonds is 5. The Morgan fingerprint density at radius 2 is 1.44 bits per heavy atom. The predicted molar refractivity (Wildman–Crippen MR) is 74.4 cm³/mol. The lowest BCUT2D eigenvalue weighted by Gasteiger charge is -2.22. The molecule has 0 aliphatic heterocycles. The fourth-order valence-corrected chi connectivity index (χ4v) is 2.22. The maximum Gasteiger partial charge on any atom is 0.0514 e. The summed E-state index contributed by atoms with van der Waals surface area (Å²) in [5, 5.41) is 9.55. The monoisotopic (exact) mass is 241 g/mol. The molecule has 0 bridgehead atoms. The third-order valence-corrected chi connectivity index (χ3v) is 3.26. The van der Waals surface area contributed by atoms with Gasteiger partial charge in [-0.05, 0) is 17.5 Å². The molecule has 3 N–H and O–H groups in total. The van der Waals surface area contributed by atoms with Crippen LogP contribution in [0.25, 0.3) is 0 Å². The molecule has 2 aromatic rings. The van der Waals surface area contributed by atoms with Crippen LogP contribution in [0.3, 0.4) is 0 Å². The Morgan fingerprint density at radius 3 is 2.00 bits per heavy atom. The molecule has 2 heteroatoms. The van der Waals surface area contributed by atoms with E-state index in [1.54, 1.807) is 0 Å². The lowest BCUT2D eigenvalue weighted by Crippen LogP contribution is -2.32. The first-order chi connectivity index (χ1) is 8.81. The molecule has 2 aromatic carbocycles. The molecule has 0 amide bonds. The lowest BCUT2D eigenvalue weighted by molar-refractivity contribution is 0.247. The fraction of sp³-hybridized carbons (Fsp3) is 0.250. The second kappa shape index (κ2) is 6.34. The molecule has 2 atom stereocenters. The Labute approximate surface area is 108 Å². The summed E-state index contributed by atoms with van der Waals surface area (Å²) < 4.78 is 0. The van der Waals surface area contributed by atoms with Crippen LogP contribution < -0.4 is 5.73 Å². The van der Waals surface area contributed by atoms with Gasteiger partial charge in [0.2, 0.25) is 0 Å². The summed E-state index contributed by atoms with van der Waals surface area (Å²) in [7, 11) is 0. The van der Waals surface area contributed by atoms with Crippen molar-refractivity contribution in [2.45, 2.75) is 18.4 Å². The highest BCUT2D eigenvalue weighted by molar-refractivity contribution is 5.23. The van der Waals surface area contributed by atoms with Gasteiger partial charge in [-0.25, -0.2) is 0 Å². The van der Waals surface area contributed by atoms with Crippen LogP contribution >= 0.6 is 0 Å². The molecule has 0 spiro atoms. The van der Waals surface area contributed by atoms with Crippen LogP contribution in [0, 0.1) is 0 Å². The van der Waals surface area contributed by atoms with Crippen molar-refractivity contribution in [2.75, 3.05) is 6.61 Å². The van der Waals surface area contributed by atoms with Crippen molar-refractivity contribution in [3.8, 4) is 0 Å². The Bertz CT molecular complexity index is 455. The maximum atomic E-state index is 9.55. The van der Waals surface area contributed by atoms with E-state index in [2.05, 4.69) is 12.1 Å². The van der Waals surface area contributed by atoms with Gasteiger partial charge in [0.1, 0.15) is 0 Å². The molecule has 94 valence electrons. The molecule has 2 nitrogen and oxygen atoms in total. The molecule has 0 aromatic heterocycles. The van der Waals surface area contributed by atoms with Gasteiger partial charge in [-0.1, -0.05) is 60.7 Å². The first-order valence-electron chi connectivity index (χ1n) is 6.26. The third-order valence-electron chi connectivity index (χ3n) is 3.26. The Morgan fingerprint density at radius 1 is 0.889 bits per heavy atom. The molecular formula is C16H19NO. The molecule has 0 saturated carbocycles. The molecule has 2 rings (SSSR count). The molecule has 0 radical (unpaired) electrons. The number of benzene rings is 2. The minimum Gasteiger partial charge on any atom is -0.396 e. The molecule has 0 saturated heterocycles. The number of nitrogens with two attached hydrogens (primary N) is 1. The van der Waals surface area contributed by atoms with Gasteiger partial charge >= 0.3 is 0 Å². The quantitative estimate of drug-likeness (QED) is 0.844. The van der Waals surface area contributed by atoms with Crippen molar-refractivity contribution < 1.29 is 5.11 Å². The fourth-order valence-electron chi connectivity index (χ4n) is 2.22. The highest BCUT2D eigenvalue weighted by atomic mass is 16.3. The van der Waals surface area contributed by atoms with Crippen LogP contribution in [-0.2, 0) is 6.42 Å². The number of aliphatic hydroxyl groups excluding tert-OH is 1. The van der Waals surface area contributed by atoms with E-state index in [4.69, 9.17) is 5.73 Å². The van der Waals surface area contributed by atoms with Crippen molar-refractivity contribution >= 4 is 0 Å². The first kappa shape index (κ1) is 12.8. The number of hydrogen-bond acceptors (Lipinski definition) is 2. The van der Waals surface area contributed by atoms with Gasteiger partial charge in [0.15, 0.2) is 0 Å². The van der Waals surface area contributed by atoms with E-state index in [-0.39, 0.29) is 18.6 Å². The maximum absolute atomic E-state index is 9.55. The average Bonchev–Trinajstić information content (AvgIpc) is 2.42. The zero-order valence-corrected chi connectivity index (χ0v) is 10.4. The zero-order valence-electron chi connectivity index (χ0n) is 10.4. The molecule has 0 heterocycles. The minimum atomic E-state index is -0.0696. The average molecular weight is 241 g/mol. The van der Waals surface area contributed by atoms with Crippen LogP contribution in [0.15, 0.2) is 60.7 Å². The van der Waals surface area contributed by atoms with E-state index >= 15 is 0 Å². The van der Waals surface area contributed by atoms with E-state index in [1.165, 1.54) is 5.56 Å². The second-order valence-corrected chi connectivity index (χ2v) is 4.55. The van der Waals surface area contributed by atoms with Gasteiger partial charge in [-0.15, -0.1) is 0 Å². The first-order valence-corrected chi connectivity index (χ1v) is 6.26. The van der Waals surface area contributed by atoms with Gasteiger partial charge in [-0.3, -0.25) is 0 Å². The summed E-state index contributed by atoms with van der Waals surface area (Å²) in [6.07, 6.45) is 0.779. The summed E-state index contributed by atoms with van der Waals surface area (Å²) in [6, 6.07) is 20.1. The number of aliphatic hydroxyl groups is 1. The van der Waals surface area contributed by atoms with E-state index in [0.717, 1.165) is 12.0 Å². The van der Waals surface area contributed by atoms with Crippen LogP contribution in [0.1, 0.15) is 17.0 Å². The van der Waals surface area contributed by atoms with E-state index in [9.17, 15) is 5.11 Å². The van der Waals surface area contributed by atoms with Gasteiger partial charge in [0.05, 0.1) is 6.61 Å². The zero-order chi connectivity index (χ0) is 12.8. The van der Waals surface area contributed by atoms with Crippen molar-refractivity contribution in [3.63, 3.8) is 0 Å². The smallest absolute Gasteiger partial charge is 0.0514 e. The van der Waals surface area contributed by atoms with Crippen molar-refractivity contribution in [2.24, 2.45) is 5.73 Å². The lowest BCUT2D eigenvalue weighted by atomic mass is 9.89. The van der Waals surface area contributed by atoms with E-state index in [0.29, 0.717) is 0 Å². The largest absolute Gasteiger partial charge is 0.396 e. The Balaban J connectivity index is 2.09. The standard InChI is InChI=1S/C16H19NO/c17-16(11-13-7-3-1-4-8-13)15(12-18)14-9-5-2-6-10-14/h1-10,15-16,18H,11-12,17H2. The van der Waals surface area contributed by atoms with Crippen molar-refractivity contribution in [1.82, 2.24) is 0 Å². The van der Waals surface area contributed by atoms with Crippen molar-refractivity contribution in [3.05, 3.63) is 71.8 Å². The van der Waals surface area contributed by atoms with Crippen LogP contribution in [0.5, 0.6) is 0 Å². The topological polar surface area (TPSA) is 46.2 Å². The summed E-state index contributed by atoms with van der Waals surface area (Å²) in [4.78, 5) is 0. The molecule has 0 aliphatic rings. The van der Waals surface area contributed by atoms with Crippen LogP contribution in [0.4, 0.5) is 0 Å². The predicted octanol–water partition coefficient (Wildman–Crippen LogP) is 2.33. The summed E-state index contributed by atoms with van der Waals surface area (Å²) in [5.41, 5.74) is 8.54. The summed E-state index contributed by atoms with van der Waals surface area (Å²) in [5.74, 6) is -0.00796. The van der Waals surface area contributed by atoms with Gasteiger partial charge in [-0.2, -0.15) is 0 Å².